The normalized spacial score (nSPS) is 19.8. The minimum atomic E-state index is -0.109. The number of aryl methyl sites for hydroxylation is 1. The van der Waals surface area contributed by atoms with Crippen LogP contribution < -0.4 is 5.56 Å². The summed E-state index contributed by atoms with van der Waals surface area (Å²) in [6.07, 6.45) is 7.39. The van der Waals surface area contributed by atoms with Crippen LogP contribution in [0.5, 0.6) is 0 Å². The van der Waals surface area contributed by atoms with Crippen molar-refractivity contribution in [2.24, 2.45) is 5.92 Å². The van der Waals surface area contributed by atoms with Crippen LogP contribution in [0.25, 0.3) is 4.96 Å². The van der Waals surface area contributed by atoms with Gasteiger partial charge in [-0.05, 0) is 45.2 Å². The fourth-order valence-corrected chi connectivity index (χ4v) is 5.09. The number of hydrogen-bond donors (Lipinski definition) is 0. The van der Waals surface area contributed by atoms with Crippen molar-refractivity contribution in [3.63, 3.8) is 0 Å². The highest BCUT2D eigenvalue weighted by molar-refractivity contribution is 7.16. The first-order chi connectivity index (χ1) is 13.6. The molecule has 0 spiro atoms. The Morgan fingerprint density at radius 1 is 1.14 bits per heavy atom. The van der Waals surface area contributed by atoms with Crippen molar-refractivity contribution < 1.29 is 4.79 Å². The predicted octanol–water partition coefficient (Wildman–Crippen LogP) is 2.33. The molecule has 2 aromatic heterocycles. The number of rotatable bonds is 4. The second kappa shape index (κ2) is 8.69. The summed E-state index contributed by atoms with van der Waals surface area (Å²) in [5.74, 6) is 0.514. The van der Waals surface area contributed by atoms with Crippen molar-refractivity contribution in [1.29, 1.82) is 0 Å². The van der Waals surface area contributed by atoms with E-state index in [9.17, 15) is 9.59 Å². The van der Waals surface area contributed by atoms with Crippen LogP contribution >= 0.6 is 11.3 Å². The molecule has 0 atom stereocenters. The lowest BCUT2D eigenvalue weighted by atomic mass is 9.95. The van der Waals surface area contributed by atoms with Crippen LogP contribution in [0.1, 0.15) is 56.2 Å². The second-order valence-corrected chi connectivity index (χ2v) is 8.96. The number of fused-ring (bicyclic) bond motifs is 1. The standard InChI is InChI=1S/C20H29N5O2S/c1-2-17-22-25-18(26)13-16(21-20(25)28-17)14-23-11-7-15(8-12-23)19(27)24-9-5-3-4-6-10-24/h13,15H,2-12,14H2,1H3. The van der Waals surface area contributed by atoms with E-state index in [-0.39, 0.29) is 11.5 Å². The van der Waals surface area contributed by atoms with Gasteiger partial charge >= 0.3 is 0 Å². The third kappa shape index (κ3) is 4.27. The van der Waals surface area contributed by atoms with Gasteiger partial charge in [-0.25, -0.2) is 4.98 Å². The van der Waals surface area contributed by atoms with E-state index in [0.29, 0.717) is 17.4 Å². The third-order valence-electron chi connectivity index (χ3n) is 5.88. The van der Waals surface area contributed by atoms with E-state index < -0.39 is 0 Å². The van der Waals surface area contributed by atoms with E-state index in [1.54, 1.807) is 6.07 Å². The van der Waals surface area contributed by atoms with Crippen LogP contribution in [-0.2, 0) is 17.8 Å². The van der Waals surface area contributed by atoms with Crippen molar-refractivity contribution in [2.75, 3.05) is 26.2 Å². The Kier molecular flexibility index (Phi) is 6.06. The minimum absolute atomic E-state index is 0.109. The van der Waals surface area contributed by atoms with Crippen LogP contribution in [0, 0.1) is 5.92 Å². The van der Waals surface area contributed by atoms with Crippen LogP contribution in [0.15, 0.2) is 10.9 Å². The largest absolute Gasteiger partial charge is 0.342 e. The van der Waals surface area contributed by atoms with Gasteiger partial charge in [0.25, 0.3) is 5.56 Å². The SMILES string of the molecule is CCc1nn2c(=O)cc(CN3CCC(C(=O)N4CCCCCC4)CC3)nc2s1. The molecule has 7 nitrogen and oxygen atoms in total. The third-order valence-corrected chi connectivity index (χ3v) is 6.94. The van der Waals surface area contributed by atoms with Crippen LogP contribution in [-0.4, -0.2) is 56.5 Å². The topological polar surface area (TPSA) is 70.8 Å². The molecule has 8 heteroatoms. The average molecular weight is 404 g/mol. The summed E-state index contributed by atoms with van der Waals surface area (Å²) >= 11 is 1.48. The first kappa shape index (κ1) is 19.5. The van der Waals surface area contributed by atoms with Gasteiger partial charge in [-0.2, -0.15) is 9.61 Å². The summed E-state index contributed by atoms with van der Waals surface area (Å²) in [7, 11) is 0. The van der Waals surface area contributed by atoms with Gasteiger partial charge in [-0.15, -0.1) is 0 Å². The molecule has 0 bridgehead atoms. The second-order valence-electron chi connectivity index (χ2n) is 7.92. The smallest absolute Gasteiger partial charge is 0.275 e. The summed E-state index contributed by atoms with van der Waals surface area (Å²) in [4.78, 5) is 34.9. The number of likely N-dealkylation sites (tertiary alicyclic amines) is 2. The number of piperidine rings is 1. The van der Waals surface area contributed by atoms with Gasteiger partial charge in [0.05, 0.1) is 5.69 Å². The van der Waals surface area contributed by atoms with Crippen molar-refractivity contribution in [2.45, 2.75) is 58.4 Å². The summed E-state index contributed by atoms with van der Waals surface area (Å²) in [5.41, 5.74) is 0.691. The molecule has 0 radical (unpaired) electrons. The lowest BCUT2D eigenvalue weighted by Gasteiger charge is -2.33. The zero-order chi connectivity index (χ0) is 19.5. The summed E-state index contributed by atoms with van der Waals surface area (Å²) < 4.78 is 1.40. The van der Waals surface area contributed by atoms with Gasteiger partial charge in [0, 0.05) is 31.6 Å². The zero-order valence-corrected chi connectivity index (χ0v) is 17.4. The highest BCUT2D eigenvalue weighted by Crippen LogP contribution is 2.23. The predicted molar refractivity (Wildman–Crippen MR) is 110 cm³/mol. The molecule has 2 aromatic rings. The van der Waals surface area contributed by atoms with Gasteiger partial charge in [0.2, 0.25) is 10.9 Å². The molecule has 152 valence electrons. The molecular weight excluding hydrogens is 374 g/mol. The van der Waals surface area contributed by atoms with Gasteiger partial charge in [-0.3, -0.25) is 14.5 Å². The maximum atomic E-state index is 12.8. The summed E-state index contributed by atoms with van der Waals surface area (Å²) in [6, 6.07) is 1.60. The van der Waals surface area contributed by atoms with Crippen molar-refractivity contribution in [3.8, 4) is 0 Å². The molecule has 0 aromatic carbocycles. The Bertz CT molecular complexity index is 876. The van der Waals surface area contributed by atoms with Crippen molar-refractivity contribution in [1.82, 2.24) is 24.4 Å². The van der Waals surface area contributed by atoms with E-state index >= 15 is 0 Å². The fourth-order valence-electron chi connectivity index (χ4n) is 4.24. The molecule has 4 rings (SSSR count). The summed E-state index contributed by atoms with van der Waals surface area (Å²) in [5, 5.41) is 5.23. The molecule has 2 fully saturated rings. The first-order valence-electron chi connectivity index (χ1n) is 10.5. The Morgan fingerprint density at radius 3 is 2.54 bits per heavy atom. The van der Waals surface area contributed by atoms with Gasteiger partial charge in [-0.1, -0.05) is 31.1 Å². The molecule has 0 unspecified atom stereocenters. The maximum absolute atomic E-state index is 12.8. The molecule has 0 N–H and O–H groups in total. The number of hydrogen-bond acceptors (Lipinski definition) is 6. The van der Waals surface area contributed by atoms with Gasteiger partial charge < -0.3 is 4.90 Å². The molecule has 2 aliphatic rings. The quantitative estimate of drug-likeness (QED) is 0.784. The lowest BCUT2D eigenvalue weighted by Crippen LogP contribution is -2.42. The van der Waals surface area contributed by atoms with Crippen LogP contribution in [0.4, 0.5) is 0 Å². The van der Waals surface area contributed by atoms with E-state index in [1.165, 1.54) is 28.7 Å². The van der Waals surface area contributed by atoms with Gasteiger partial charge in [0.15, 0.2) is 0 Å². The molecule has 0 aliphatic carbocycles. The Labute approximate surface area is 169 Å². The number of carbonyl (C=O) groups is 1. The average Bonchev–Trinajstić information content (AvgIpc) is 2.94. The molecule has 1 amide bonds. The molecule has 0 saturated carbocycles. The Balaban J connectivity index is 1.36. The van der Waals surface area contributed by atoms with E-state index in [0.717, 1.165) is 69.0 Å². The first-order valence-corrected chi connectivity index (χ1v) is 11.4. The van der Waals surface area contributed by atoms with Crippen molar-refractivity contribution in [3.05, 3.63) is 27.1 Å². The highest BCUT2D eigenvalue weighted by atomic mass is 32.1. The number of carbonyl (C=O) groups excluding carboxylic acids is 1. The monoisotopic (exact) mass is 403 g/mol. The Morgan fingerprint density at radius 2 is 1.86 bits per heavy atom. The molecule has 2 aliphatic heterocycles. The number of nitrogens with zero attached hydrogens (tertiary/aromatic N) is 5. The highest BCUT2D eigenvalue weighted by Gasteiger charge is 2.29. The molecule has 28 heavy (non-hydrogen) atoms. The zero-order valence-electron chi connectivity index (χ0n) is 16.6. The minimum Gasteiger partial charge on any atom is -0.342 e. The maximum Gasteiger partial charge on any atom is 0.275 e. The van der Waals surface area contributed by atoms with E-state index in [4.69, 9.17) is 0 Å². The van der Waals surface area contributed by atoms with E-state index in [1.807, 2.05) is 6.92 Å². The Hall–Kier alpha value is -1.80. The van der Waals surface area contributed by atoms with Crippen LogP contribution in [0.3, 0.4) is 0 Å². The number of aromatic nitrogens is 3. The molecule has 4 heterocycles. The lowest BCUT2D eigenvalue weighted by molar-refractivity contribution is -0.137. The fraction of sp³-hybridized carbons (Fsp3) is 0.700. The van der Waals surface area contributed by atoms with Crippen molar-refractivity contribution >= 4 is 22.2 Å². The van der Waals surface area contributed by atoms with E-state index in [2.05, 4.69) is 19.9 Å². The molecule has 2 saturated heterocycles. The van der Waals surface area contributed by atoms with Gasteiger partial charge in [0.1, 0.15) is 5.01 Å². The summed E-state index contributed by atoms with van der Waals surface area (Å²) in [6.45, 7) is 6.32. The van der Waals surface area contributed by atoms with Crippen LogP contribution in [0.2, 0.25) is 0 Å². The molecular formula is C20H29N5O2S. The number of amides is 1.